The SMILES string of the molecule is C=CCn1c(=O)n(CCCCCl)c2ccccc21. The van der Waals surface area contributed by atoms with E-state index in [0.29, 0.717) is 12.4 Å². The second kappa shape index (κ2) is 5.91. The molecule has 0 aliphatic carbocycles. The number of unbranched alkanes of at least 4 members (excludes halogenated alkanes) is 1. The van der Waals surface area contributed by atoms with Gasteiger partial charge in [0, 0.05) is 19.0 Å². The van der Waals surface area contributed by atoms with Crippen LogP contribution in [-0.4, -0.2) is 15.0 Å². The van der Waals surface area contributed by atoms with Gasteiger partial charge < -0.3 is 0 Å². The molecule has 0 amide bonds. The number of nitrogens with zero attached hydrogens (tertiary/aromatic N) is 2. The summed E-state index contributed by atoms with van der Waals surface area (Å²) < 4.78 is 3.58. The van der Waals surface area contributed by atoms with E-state index in [9.17, 15) is 4.79 Å². The topological polar surface area (TPSA) is 26.9 Å². The first-order valence-electron chi connectivity index (χ1n) is 6.14. The molecule has 0 radical (unpaired) electrons. The van der Waals surface area contributed by atoms with Crippen molar-refractivity contribution < 1.29 is 0 Å². The van der Waals surface area contributed by atoms with E-state index in [2.05, 4.69) is 6.58 Å². The molecule has 0 fully saturated rings. The Morgan fingerprint density at radius 2 is 1.83 bits per heavy atom. The fraction of sp³-hybridized carbons (Fsp3) is 0.357. The smallest absolute Gasteiger partial charge is 0.292 e. The monoisotopic (exact) mass is 264 g/mol. The number of imidazole rings is 1. The number of rotatable bonds is 6. The number of allylic oxidation sites excluding steroid dienone is 1. The maximum atomic E-state index is 12.3. The molecule has 96 valence electrons. The van der Waals surface area contributed by atoms with E-state index in [1.807, 2.05) is 28.8 Å². The predicted octanol–water partition coefficient (Wildman–Crippen LogP) is 3.01. The molecule has 0 saturated carbocycles. The summed E-state index contributed by atoms with van der Waals surface area (Å²) in [6.07, 6.45) is 3.59. The van der Waals surface area contributed by atoms with Crippen LogP contribution in [0.2, 0.25) is 0 Å². The first kappa shape index (κ1) is 13.0. The molecule has 4 heteroatoms. The fourth-order valence-electron chi connectivity index (χ4n) is 2.16. The lowest BCUT2D eigenvalue weighted by Gasteiger charge is -2.01. The van der Waals surface area contributed by atoms with E-state index in [-0.39, 0.29) is 5.69 Å². The van der Waals surface area contributed by atoms with Crippen molar-refractivity contribution in [1.82, 2.24) is 9.13 Å². The van der Waals surface area contributed by atoms with Gasteiger partial charge in [0.25, 0.3) is 0 Å². The molecular formula is C14H17ClN2O. The molecule has 0 bridgehead atoms. The normalized spacial score (nSPS) is 10.9. The minimum absolute atomic E-state index is 0.0330. The number of para-hydroxylation sites is 2. The van der Waals surface area contributed by atoms with Gasteiger partial charge in [-0.15, -0.1) is 18.2 Å². The number of benzene rings is 1. The van der Waals surface area contributed by atoms with E-state index >= 15 is 0 Å². The number of alkyl halides is 1. The standard InChI is InChI=1S/C14H17ClN2O/c1-2-10-16-12-7-3-4-8-13(12)17(14(16)18)11-6-5-9-15/h2-4,7-8H,1,5-6,9-11H2. The summed E-state index contributed by atoms with van der Waals surface area (Å²) in [6, 6.07) is 7.86. The molecule has 1 aromatic carbocycles. The van der Waals surface area contributed by atoms with Crippen LogP contribution in [-0.2, 0) is 13.1 Å². The van der Waals surface area contributed by atoms with Gasteiger partial charge in [0.1, 0.15) is 0 Å². The molecule has 0 aliphatic rings. The van der Waals surface area contributed by atoms with E-state index in [4.69, 9.17) is 11.6 Å². The van der Waals surface area contributed by atoms with Crippen LogP contribution in [0.25, 0.3) is 11.0 Å². The summed E-state index contributed by atoms with van der Waals surface area (Å²) in [7, 11) is 0. The average Bonchev–Trinajstić information content (AvgIpc) is 2.65. The van der Waals surface area contributed by atoms with Crippen molar-refractivity contribution in [3.8, 4) is 0 Å². The summed E-state index contributed by atoms with van der Waals surface area (Å²) in [5.41, 5.74) is 1.98. The highest BCUT2D eigenvalue weighted by Gasteiger charge is 2.10. The maximum absolute atomic E-state index is 12.3. The van der Waals surface area contributed by atoms with Crippen molar-refractivity contribution in [1.29, 1.82) is 0 Å². The summed E-state index contributed by atoms with van der Waals surface area (Å²) in [6.45, 7) is 4.96. The Morgan fingerprint density at radius 3 is 2.44 bits per heavy atom. The van der Waals surface area contributed by atoms with Crippen LogP contribution in [0.5, 0.6) is 0 Å². The Hall–Kier alpha value is -1.48. The van der Waals surface area contributed by atoms with Crippen LogP contribution < -0.4 is 5.69 Å². The molecule has 0 N–H and O–H groups in total. The van der Waals surface area contributed by atoms with Crippen molar-refractivity contribution in [2.75, 3.05) is 5.88 Å². The van der Waals surface area contributed by atoms with Gasteiger partial charge in [-0.1, -0.05) is 18.2 Å². The van der Waals surface area contributed by atoms with Gasteiger partial charge in [-0.25, -0.2) is 4.79 Å². The van der Waals surface area contributed by atoms with Gasteiger partial charge >= 0.3 is 5.69 Å². The second-order valence-corrected chi connectivity index (χ2v) is 4.60. The molecule has 1 aromatic heterocycles. The average molecular weight is 265 g/mol. The predicted molar refractivity (Wildman–Crippen MR) is 76.3 cm³/mol. The molecule has 0 saturated heterocycles. The van der Waals surface area contributed by atoms with Crippen LogP contribution >= 0.6 is 11.6 Å². The van der Waals surface area contributed by atoms with Gasteiger partial charge in [0.15, 0.2) is 0 Å². The number of halogens is 1. The highest BCUT2D eigenvalue weighted by Crippen LogP contribution is 2.13. The van der Waals surface area contributed by atoms with Crippen LogP contribution in [0.3, 0.4) is 0 Å². The number of fused-ring (bicyclic) bond motifs is 1. The Balaban J connectivity index is 2.47. The van der Waals surface area contributed by atoms with E-state index in [0.717, 1.165) is 30.4 Å². The third-order valence-electron chi connectivity index (χ3n) is 3.00. The van der Waals surface area contributed by atoms with E-state index in [1.165, 1.54) is 0 Å². The Kier molecular flexibility index (Phi) is 4.26. The molecule has 18 heavy (non-hydrogen) atoms. The third-order valence-corrected chi connectivity index (χ3v) is 3.27. The Labute approximate surface area is 111 Å². The minimum atomic E-state index is 0.0330. The van der Waals surface area contributed by atoms with Gasteiger partial charge in [0.2, 0.25) is 0 Å². The molecule has 2 aromatic rings. The molecule has 0 unspecified atom stereocenters. The first-order valence-corrected chi connectivity index (χ1v) is 6.68. The third kappa shape index (κ3) is 2.36. The molecule has 2 rings (SSSR count). The molecule has 1 heterocycles. The Morgan fingerprint density at radius 1 is 1.17 bits per heavy atom. The van der Waals surface area contributed by atoms with Gasteiger partial charge in [-0.2, -0.15) is 0 Å². The molecular weight excluding hydrogens is 248 g/mol. The first-order chi connectivity index (χ1) is 8.79. The fourth-order valence-corrected chi connectivity index (χ4v) is 2.35. The van der Waals surface area contributed by atoms with Crippen molar-refractivity contribution in [3.05, 3.63) is 47.4 Å². The molecule has 3 nitrogen and oxygen atoms in total. The second-order valence-electron chi connectivity index (χ2n) is 4.22. The number of aromatic nitrogens is 2. The zero-order chi connectivity index (χ0) is 13.0. The molecule has 0 aliphatic heterocycles. The van der Waals surface area contributed by atoms with Crippen molar-refractivity contribution in [2.24, 2.45) is 0 Å². The minimum Gasteiger partial charge on any atom is -0.292 e. The van der Waals surface area contributed by atoms with Crippen molar-refractivity contribution in [2.45, 2.75) is 25.9 Å². The lowest BCUT2D eigenvalue weighted by Crippen LogP contribution is -2.24. The number of hydrogen-bond acceptors (Lipinski definition) is 1. The van der Waals surface area contributed by atoms with Crippen LogP contribution in [0.15, 0.2) is 41.7 Å². The van der Waals surface area contributed by atoms with E-state index in [1.54, 1.807) is 10.6 Å². The van der Waals surface area contributed by atoms with Crippen LogP contribution in [0, 0.1) is 0 Å². The quantitative estimate of drug-likeness (QED) is 0.448. The summed E-state index contributed by atoms with van der Waals surface area (Å²) >= 11 is 5.67. The van der Waals surface area contributed by atoms with E-state index < -0.39 is 0 Å². The number of hydrogen-bond donors (Lipinski definition) is 0. The highest BCUT2D eigenvalue weighted by atomic mass is 35.5. The highest BCUT2D eigenvalue weighted by molar-refractivity contribution is 6.17. The maximum Gasteiger partial charge on any atom is 0.329 e. The summed E-state index contributed by atoms with van der Waals surface area (Å²) in [5.74, 6) is 0.639. The lowest BCUT2D eigenvalue weighted by atomic mass is 10.3. The van der Waals surface area contributed by atoms with Crippen molar-refractivity contribution >= 4 is 22.6 Å². The lowest BCUT2D eigenvalue weighted by molar-refractivity contribution is 0.610. The zero-order valence-electron chi connectivity index (χ0n) is 10.3. The summed E-state index contributed by atoms with van der Waals surface area (Å²) in [5, 5.41) is 0. The summed E-state index contributed by atoms with van der Waals surface area (Å²) in [4.78, 5) is 12.3. The van der Waals surface area contributed by atoms with Gasteiger partial charge in [0.05, 0.1) is 11.0 Å². The Bertz CT molecular complexity index is 597. The van der Waals surface area contributed by atoms with Gasteiger partial charge in [-0.05, 0) is 25.0 Å². The molecule has 0 spiro atoms. The van der Waals surface area contributed by atoms with Crippen LogP contribution in [0.4, 0.5) is 0 Å². The van der Waals surface area contributed by atoms with Crippen molar-refractivity contribution in [3.63, 3.8) is 0 Å². The van der Waals surface area contributed by atoms with Gasteiger partial charge in [-0.3, -0.25) is 9.13 Å². The largest absolute Gasteiger partial charge is 0.329 e. The molecule has 0 atom stereocenters. The zero-order valence-corrected chi connectivity index (χ0v) is 11.1. The number of aryl methyl sites for hydroxylation is 1. The van der Waals surface area contributed by atoms with Crippen LogP contribution in [0.1, 0.15) is 12.8 Å².